The number of amidine groups is 1. The molecule has 0 saturated carbocycles. The summed E-state index contributed by atoms with van der Waals surface area (Å²) in [5.74, 6) is -0.275. The third-order valence-electron chi connectivity index (χ3n) is 3.91. The Hall–Kier alpha value is -2.97. The number of hydrogen-bond acceptors (Lipinski definition) is 6. The molecule has 0 radical (unpaired) electrons. The van der Waals surface area contributed by atoms with E-state index in [1.807, 2.05) is 12.1 Å². The van der Waals surface area contributed by atoms with Crippen LogP contribution in [0.15, 0.2) is 52.4 Å². The number of nitrogens with zero attached hydrogens (tertiary/aromatic N) is 2. The van der Waals surface area contributed by atoms with E-state index in [4.69, 9.17) is 26.2 Å². The van der Waals surface area contributed by atoms with E-state index in [1.165, 1.54) is 16.7 Å². The fourth-order valence-corrected chi connectivity index (χ4v) is 3.66. The number of carboxylic acid groups (broad SMARTS) is 1. The molecule has 1 saturated heterocycles. The summed E-state index contributed by atoms with van der Waals surface area (Å²) in [6.45, 7) is -0.482. The van der Waals surface area contributed by atoms with E-state index in [1.54, 1.807) is 50.6 Å². The molecule has 29 heavy (non-hydrogen) atoms. The van der Waals surface area contributed by atoms with E-state index in [9.17, 15) is 9.59 Å². The van der Waals surface area contributed by atoms with Gasteiger partial charge in [-0.05, 0) is 59.8 Å². The molecule has 150 valence electrons. The molecule has 1 aliphatic rings. The van der Waals surface area contributed by atoms with E-state index in [0.717, 1.165) is 5.75 Å². The zero-order valence-electron chi connectivity index (χ0n) is 15.6. The molecule has 1 heterocycles. The van der Waals surface area contributed by atoms with Gasteiger partial charge in [-0.25, -0.2) is 9.79 Å². The predicted molar refractivity (Wildman–Crippen MR) is 113 cm³/mol. The van der Waals surface area contributed by atoms with Crippen molar-refractivity contribution in [2.45, 2.75) is 0 Å². The summed E-state index contributed by atoms with van der Waals surface area (Å²) >= 11 is 7.40. The number of aliphatic imine (C=N–C) groups is 1. The zero-order valence-corrected chi connectivity index (χ0v) is 17.2. The van der Waals surface area contributed by atoms with Crippen molar-refractivity contribution in [1.82, 2.24) is 4.90 Å². The van der Waals surface area contributed by atoms with Gasteiger partial charge in [-0.2, -0.15) is 0 Å². The molecule has 0 spiro atoms. The summed E-state index contributed by atoms with van der Waals surface area (Å²) in [6.07, 6.45) is 1.70. The molecule has 3 rings (SSSR count). The molecule has 1 aliphatic heterocycles. The molecule has 1 N–H and O–H groups in total. The summed E-state index contributed by atoms with van der Waals surface area (Å²) in [7, 11) is 3.25. The Morgan fingerprint density at radius 3 is 2.62 bits per heavy atom. The number of carboxylic acids is 1. The minimum absolute atomic E-state index is 0.176. The van der Waals surface area contributed by atoms with Crippen molar-refractivity contribution >= 4 is 52.2 Å². The minimum Gasteiger partial charge on any atom is -0.497 e. The maximum atomic E-state index is 12.6. The third-order valence-corrected chi connectivity index (χ3v) is 5.26. The first kappa shape index (κ1) is 20.8. The molecule has 2 aromatic carbocycles. The standard InChI is InChI=1S/C20H17ClN2O5S/c1-23-19(26)17(29-20(23)22-13-4-6-14(27-2)7-5-13)10-12-3-8-16(15(21)9-12)28-11-18(24)25/h3-10H,11H2,1-2H3,(H,24,25)/b17-10-,22-20?. The first-order valence-electron chi connectivity index (χ1n) is 8.42. The third kappa shape index (κ3) is 5.10. The van der Waals surface area contributed by atoms with Crippen LogP contribution in [0.1, 0.15) is 5.56 Å². The lowest BCUT2D eigenvalue weighted by Crippen LogP contribution is -2.23. The van der Waals surface area contributed by atoms with Gasteiger partial charge in [0.15, 0.2) is 11.8 Å². The predicted octanol–water partition coefficient (Wildman–Crippen LogP) is 4.05. The summed E-state index contributed by atoms with van der Waals surface area (Å²) < 4.78 is 10.2. The Morgan fingerprint density at radius 2 is 2.00 bits per heavy atom. The molecule has 0 unspecified atom stereocenters. The SMILES string of the molecule is COc1ccc(N=C2S/C(=C\c3ccc(OCC(=O)O)c(Cl)c3)C(=O)N2C)cc1. The van der Waals surface area contributed by atoms with Crippen molar-refractivity contribution in [2.75, 3.05) is 20.8 Å². The number of benzene rings is 2. The van der Waals surface area contributed by atoms with Crippen molar-refractivity contribution in [3.05, 3.63) is 58.0 Å². The Labute approximate surface area is 176 Å². The van der Waals surface area contributed by atoms with E-state index in [-0.39, 0.29) is 16.7 Å². The fourth-order valence-electron chi connectivity index (χ4n) is 2.43. The Morgan fingerprint density at radius 1 is 1.28 bits per heavy atom. The fraction of sp³-hybridized carbons (Fsp3) is 0.150. The van der Waals surface area contributed by atoms with Gasteiger partial charge in [0.2, 0.25) is 0 Å². The summed E-state index contributed by atoms with van der Waals surface area (Å²) in [6, 6.07) is 12.1. The van der Waals surface area contributed by atoms with Crippen LogP contribution in [0.5, 0.6) is 11.5 Å². The number of likely N-dealkylation sites (N-methyl/N-ethyl adjacent to an activating group) is 1. The quantitative estimate of drug-likeness (QED) is 0.693. The molecule has 7 nitrogen and oxygen atoms in total. The number of ether oxygens (including phenoxy) is 2. The highest BCUT2D eigenvalue weighted by molar-refractivity contribution is 8.18. The van der Waals surface area contributed by atoms with Gasteiger partial charge >= 0.3 is 5.97 Å². The lowest BCUT2D eigenvalue weighted by Gasteiger charge is -2.07. The van der Waals surface area contributed by atoms with Crippen LogP contribution < -0.4 is 9.47 Å². The number of methoxy groups -OCH3 is 1. The molecule has 0 bridgehead atoms. The molecule has 1 fully saturated rings. The van der Waals surface area contributed by atoms with Crippen LogP contribution in [0.4, 0.5) is 5.69 Å². The average Bonchev–Trinajstić information content (AvgIpc) is 2.95. The lowest BCUT2D eigenvalue weighted by atomic mass is 10.2. The van der Waals surface area contributed by atoms with Crippen molar-refractivity contribution in [3.8, 4) is 11.5 Å². The molecule has 0 aromatic heterocycles. The van der Waals surface area contributed by atoms with E-state index >= 15 is 0 Å². The van der Waals surface area contributed by atoms with Gasteiger partial charge in [0.1, 0.15) is 11.5 Å². The van der Waals surface area contributed by atoms with Crippen LogP contribution in [0.25, 0.3) is 6.08 Å². The second-order valence-corrected chi connectivity index (χ2v) is 7.36. The van der Waals surface area contributed by atoms with Gasteiger partial charge in [0, 0.05) is 7.05 Å². The topological polar surface area (TPSA) is 88.4 Å². The average molecular weight is 433 g/mol. The summed E-state index contributed by atoms with van der Waals surface area (Å²) in [5, 5.41) is 9.50. The molecule has 0 atom stereocenters. The van der Waals surface area contributed by atoms with Gasteiger partial charge < -0.3 is 14.6 Å². The van der Waals surface area contributed by atoms with E-state index in [2.05, 4.69) is 4.99 Å². The number of amides is 1. The summed E-state index contributed by atoms with van der Waals surface area (Å²) in [5.41, 5.74) is 1.39. The Balaban J connectivity index is 1.79. The minimum atomic E-state index is -1.09. The van der Waals surface area contributed by atoms with Crippen molar-refractivity contribution in [1.29, 1.82) is 0 Å². The van der Waals surface area contributed by atoms with Crippen LogP contribution in [-0.2, 0) is 9.59 Å². The first-order valence-corrected chi connectivity index (χ1v) is 9.61. The van der Waals surface area contributed by atoms with Crippen LogP contribution >= 0.6 is 23.4 Å². The number of halogens is 1. The second-order valence-electron chi connectivity index (χ2n) is 5.94. The van der Waals surface area contributed by atoms with Gasteiger partial charge in [-0.1, -0.05) is 17.7 Å². The van der Waals surface area contributed by atoms with Crippen molar-refractivity contribution < 1.29 is 24.2 Å². The van der Waals surface area contributed by atoms with E-state index in [0.29, 0.717) is 21.3 Å². The van der Waals surface area contributed by atoms with E-state index < -0.39 is 12.6 Å². The maximum absolute atomic E-state index is 12.6. The number of thioether (sulfide) groups is 1. The zero-order chi connectivity index (χ0) is 21.0. The highest BCUT2D eigenvalue weighted by Crippen LogP contribution is 2.34. The number of carbonyl (C=O) groups is 2. The van der Waals surface area contributed by atoms with Crippen molar-refractivity contribution in [3.63, 3.8) is 0 Å². The number of rotatable bonds is 6. The highest BCUT2D eigenvalue weighted by Gasteiger charge is 2.30. The largest absolute Gasteiger partial charge is 0.497 e. The van der Waals surface area contributed by atoms with Gasteiger partial charge in [0.05, 0.1) is 22.7 Å². The Bertz CT molecular complexity index is 1000. The van der Waals surface area contributed by atoms with Gasteiger partial charge in [0.25, 0.3) is 5.91 Å². The van der Waals surface area contributed by atoms with Crippen LogP contribution in [0.2, 0.25) is 5.02 Å². The van der Waals surface area contributed by atoms with Crippen LogP contribution in [-0.4, -0.2) is 47.8 Å². The highest BCUT2D eigenvalue weighted by atomic mass is 35.5. The molecular formula is C20H17ClN2O5S. The lowest BCUT2D eigenvalue weighted by molar-refractivity contribution is -0.139. The van der Waals surface area contributed by atoms with Gasteiger partial charge in [-0.15, -0.1) is 0 Å². The Kier molecular flexibility index (Phi) is 6.46. The number of aliphatic carboxylic acids is 1. The number of hydrogen-bond donors (Lipinski definition) is 1. The molecular weight excluding hydrogens is 416 g/mol. The second kappa shape index (κ2) is 9.02. The smallest absolute Gasteiger partial charge is 0.341 e. The first-order chi connectivity index (χ1) is 13.9. The maximum Gasteiger partial charge on any atom is 0.341 e. The number of carbonyl (C=O) groups excluding carboxylic acids is 1. The van der Waals surface area contributed by atoms with Gasteiger partial charge in [-0.3, -0.25) is 9.69 Å². The van der Waals surface area contributed by atoms with Crippen molar-refractivity contribution in [2.24, 2.45) is 4.99 Å². The molecule has 1 amide bonds. The molecule has 9 heteroatoms. The molecule has 2 aromatic rings. The van der Waals surface area contributed by atoms with Crippen LogP contribution in [0.3, 0.4) is 0 Å². The monoisotopic (exact) mass is 432 g/mol. The van der Waals surface area contributed by atoms with Crippen LogP contribution in [0, 0.1) is 0 Å². The summed E-state index contributed by atoms with van der Waals surface area (Å²) in [4.78, 5) is 29.6. The molecule has 0 aliphatic carbocycles. The normalized spacial score (nSPS) is 16.5.